The van der Waals surface area contributed by atoms with E-state index in [-0.39, 0.29) is 10.8 Å². The third-order valence-corrected chi connectivity index (χ3v) is 7.46. The number of nitrogens with zero attached hydrogens (tertiary/aromatic N) is 3. The maximum absolute atomic E-state index is 13.5. The summed E-state index contributed by atoms with van der Waals surface area (Å²) in [6, 6.07) is 11.9. The lowest BCUT2D eigenvalue weighted by molar-refractivity contribution is 0.0391. The SMILES string of the molecule is COc1cccc(C(=O)N(CCN2CCOCC2)c2nc3ccc(S(C)(=O)=O)cc3s2)c1. The van der Waals surface area contributed by atoms with Gasteiger partial charge < -0.3 is 9.47 Å². The summed E-state index contributed by atoms with van der Waals surface area (Å²) in [7, 11) is -1.77. The van der Waals surface area contributed by atoms with Gasteiger partial charge in [-0.05, 0) is 36.4 Å². The van der Waals surface area contributed by atoms with Crippen LogP contribution in [0.25, 0.3) is 10.2 Å². The van der Waals surface area contributed by atoms with E-state index in [4.69, 9.17) is 9.47 Å². The fourth-order valence-corrected chi connectivity index (χ4v) is 5.25. The van der Waals surface area contributed by atoms with E-state index in [9.17, 15) is 13.2 Å². The van der Waals surface area contributed by atoms with Gasteiger partial charge in [0.05, 0.1) is 35.4 Å². The van der Waals surface area contributed by atoms with Gasteiger partial charge >= 0.3 is 0 Å². The molecule has 1 saturated heterocycles. The number of sulfone groups is 1. The van der Waals surface area contributed by atoms with Crippen LogP contribution >= 0.6 is 11.3 Å². The second-order valence-corrected chi connectivity index (χ2v) is 10.6. The molecule has 0 N–H and O–H groups in total. The van der Waals surface area contributed by atoms with Gasteiger partial charge in [0.2, 0.25) is 0 Å². The first-order valence-corrected chi connectivity index (χ1v) is 12.9. The van der Waals surface area contributed by atoms with Crippen molar-refractivity contribution in [1.82, 2.24) is 9.88 Å². The Bertz CT molecular complexity index is 1220. The average Bonchev–Trinajstić information content (AvgIpc) is 3.22. The predicted octanol–water partition coefficient (Wildman–Crippen LogP) is 2.69. The zero-order valence-electron chi connectivity index (χ0n) is 18.0. The van der Waals surface area contributed by atoms with Crippen LogP contribution in [0.5, 0.6) is 5.75 Å². The van der Waals surface area contributed by atoms with Crippen LogP contribution in [0, 0.1) is 0 Å². The lowest BCUT2D eigenvalue weighted by atomic mass is 10.2. The van der Waals surface area contributed by atoms with E-state index in [1.807, 2.05) is 0 Å². The number of rotatable bonds is 7. The number of aromatic nitrogens is 1. The van der Waals surface area contributed by atoms with E-state index in [1.165, 1.54) is 17.6 Å². The van der Waals surface area contributed by atoms with E-state index < -0.39 is 9.84 Å². The molecule has 0 spiro atoms. The van der Waals surface area contributed by atoms with Gasteiger partial charge in [0.25, 0.3) is 5.91 Å². The number of benzene rings is 2. The highest BCUT2D eigenvalue weighted by atomic mass is 32.2. The Morgan fingerprint density at radius 2 is 2.00 bits per heavy atom. The number of fused-ring (bicyclic) bond motifs is 1. The molecule has 0 saturated carbocycles. The van der Waals surface area contributed by atoms with Gasteiger partial charge in [-0.15, -0.1) is 0 Å². The molecule has 1 aliphatic rings. The van der Waals surface area contributed by atoms with Crippen molar-refractivity contribution in [3.8, 4) is 5.75 Å². The van der Waals surface area contributed by atoms with Crippen LogP contribution in [0.3, 0.4) is 0 Å². The molecule has 8 nitrogen and oxygen atoms in total. The van der Waals surface area contributed by atoms with Gasteiger partial charge in [-0.25, -0.2) is 13.4 Å². The molecule has 2 aromatic carbocycles. The highest BCUT2D eigenvalue weighted by Gasteiger charge is 2.23. The summed E-state index contributed by atoms with van der Waals surface area (Å²) in [6.45, 7) is 4.13. The molecule has 0 aliphatic carbocycles. The fourth-order valence-electron chi connectivity index (χ4n) is 3.50. The predicted molar refractivity (Wildman–Crippen MR) is 125 cm³/mol. The minimum Gasteiger partial charge on any atom is -0.497 e. The number of carbonyl (C=O) groups excluding carboxylic acids is 1. The van der Waals surface area contributed by atoms with E-state index in [0.29, 0.717) is 48.3 Å². The highest BCUT2D eigenvalue weighted by Crippen LogP contribution is 2.31. The minimum atomic E-state index is -3.33. The summed E-state index contributed by atoms with van der Waals surface area (Å²) in [4.78, 5) is 22.3. The molecule has 1 aromatic heterocycles. The Morgan fingerprint density at radius 3 is 2.72 bits per heavy atom. The van der Waals surface area contributed by atoms with Crippen molar-refractivity contribution in [3.63, 3.8) is 0 Å². The Morgan fingerprint density at radius 1 is 1.22 bits per heavy atom. The summed E-state index contributed by atoms with van der Waals surface area (Å²) in [5.74, 6) is 0.422. The quantitative estimate of drug-likeness (QED) is 0.519. The standard InChI is InChI=1S/C22H25N3O5S2/c1-29-17-5-3-4-16(14-17)21(26)25(9-8-24-10-12-30-13-11-24)22-23-19-7-6-18(32(2,27)28)15-20(19)31-22/h3-7,14-15H,8-13H2,1-2H3. The average molecular weight is 476 g/mol. The molecule has 10 heteroatoms. The molecule has 0 atom stereocenters. The van der Waals surface area contributed by atoms with Gasteiger partial charge in [0, 0.05) is 38.0 Å². The van der Waals surface area contributed by atoms with E-state index in [1.54, 1.807) is 54.5 Å². The maximum atomic E-state index is 13.5. The first-order chi connectivity index (χ1) is 15.3. The van der Waals surface area contributed by atoms with Gasteiger partial charge in [-0.3, -0.25) is 14.6 Å². The van der Waals surface area contributed by atoms with Crippen LogP contribution in [0.1, 0.15) is 10.4 Å². The molecular weight excluding hydrogens is 450 g/mol. The molecule has 4 rings (SSSR count). The second-order valence-electron chi connectivity index (χ2n) is 7.54. The van der Waals surface area contributed by atoms with Gasteiger partial charge in [-0.2, -0.15) is 0 Å². The minimum absolute atomic E-state index is 0.181. The molecule has 1 fully saturated rings. The number of hydrogen-bond acceptors (Lipinski definition) is 8. The molecule has 32 heavy (non-hydrogen) atoms. The number of ether oxygens (including phenoxy) is 2. The first-order valence-electron chi connectivity index (χ1n) is 10.2. The van der Waals surface area contributed by atoms with E-state index in [0.717, 1.165) is 17.8 Å². The summed E-state index contributed by atoms with van der Waals surface area (Å²) < 4.78 is 35.3. The van der Waals surface area contributed by atoms with Gasteiger partial charge in [0.1, 0.15) is 5.75 Å². The monoisotopic (exact) mass is 475 g/mol. The Kier molecular flexibility index (Phi) is 6.75. The van der Waals surface area contributed by atoms with Crippen LogP contribution in [0.2, 0.25) is 0 Å². The lowest BCUT2D eigenvalue weighted by Gasteiger charge is -2.29. The molecular formula is C22H25N3O5S2. The van der Waals surface area contributed by atoms with Crippen LogP contribution < -0.4 is 9.64 Å². The molecule has 0 bridgehead atoms. The van der Waals surface area contributed by atoms with Crippen LogP contribution in [-0.2, 0) is 14.6 Å². The number of amides is 1. The van der Waals surface area contributed by atoms with Crippen molar-refractivity contribution in [2.75, 3.05) is 57.7 Å². The van der Waals surface area contributed by atoms with Crippen molar-refractivity contribution in [3.05, 3.63) is 48.0 Å². The number of anilines is 1. The normalized spacial score (nSPS) is 15.1. The smallest absolute Gasteiger partial charge is 0.260 e. The van der Waals surface area contributed by atoms with Crippen molar-refractivity contribution >= 4 is 42.4 Å². The maximum Gasteiger partial charge on any atom is 0.260 e. The van der Waals surface area contributed by atoms with Crippen molar-refractivity contribution in [1.29, 1.82) is 0 Å². The van der Waals surface area contributed by atoms with Crippen molar-refractivity contribution in [2.24, 2.45) is 0 Å². The lowest BCUT2D eigenvalue weighted by Crippen LogP contribution is -2.43. The van der Waals surface area contributed by atoms with E-state index >= 15 is 0 Å². The summed E-state index contributed by atoms with van der Waals surface area (Å²) >= 11 is 1.31. The summed E-state index contributed by atoms with van der Waals surface area (Å²) in [5.41, 5.74) is 1.16. The Balaban J connectivity index is 1.68. The number of methoxy groups -OCH3 is 1. The number of thiazole rings is 1. The number of morpholine rings is 1. The van der Waals surface area contributed by atoms with Crippen molar-refractivity contribution in [2.45, 2.75) is 4.90 Å². The van der Waals surface area contributed by atoms with Crippen LogP contribution in [0.4, 0.5) is 5.13 Å². The second kappa shape index (κ2) is 9.53. The third-order valence-electron chi connectivity index (χ3n) is 5.31. The molecule has 3 aromatic rings. The zero-order chi connectivity index (χ0) is 22.7. The number of hydrogen-bond donors (Lipinski definition) is 0. The fraction of sp³-hybridized carbons (Fsp3) is 0.364. The molecule has 0 unspecified atom stereocenters. The molecule has 170 valence electrons. The molecule has 1 aliphatic heterocycles. The van der Waals surface area contributed by atoms with Gasteiger partial charge in [0.15, 0.2) is 15.0 Å². The molecule has 1 amide bonds. The largest absolute Gasteiger partial charge is 0.497 e. The Hall–Kier alpha value is -2.53. The molecule has 0 radical (unpaired) electrons. The van der Waals surface area contributed by atoms with Crippen molar-refractivity contribution < 1.29 is 22.7 Å². The Labute approximate surface area is 191 Å². The summed E-state index contributed by atoms with van der Waals surface area (Å²) in [5, 5.41) is 0.534. The van der Waals surface area contributed by atoms with Crippen LogP contribution in [0.15, 0.2) is 47.4 Å². The topological polar surface area (TPSA) is 89.0 Å². The van der Waals surface area contributed by atoms with Gasteiger partial charge in [-0.1, -0.05) is 17.4 Å². The third kappa shape index (κ3) is 5.09. The summed E-state index contributed by atoms with van der Waals surface area (Å²) in [6.07, 6.45) is 1.18. The number of carbonyl (C=O) groups is 1. The first kappa shape index (κ1) is 22.7. The van der Waals surface area contributed by atoms with Crippen LogP contribution in [-0.4, -0.2) is 77.0 Å². The highest BCUT2D eigenvalue weighted by molar-refractivity contribution is 7.90. The zero-order valence-corrected chi connectivity index (χ0v) is 19.6. The molecule has 2 heterocycles. The van der Waals surface area contributed by atoms with E-state index in [2.05, 4.69) is 9.88 Å².